The van der Waals surface area contributed by atoms with Gasteiger partial charge in [0.1, 0.15) is 17.1 Å². The number of amides is 1. The highest BCUT2D eigenvalue weighted by Crippen LogP contribution is 2.42. The van der Waals surface area contributed by atoms with Gasteiger partial charge in [0.2, 0.25) is 5.91 Å². The number of nitrogens with zero attached hydrogens (tertiary/aromatic N) is 1. The van der Waals surface area contributed by atoms with Crippen molar-refractivity contribution in [3.63, 3.8) is 0 Å². The number of nitrogens with two attached hydrogens (primary N) is 1. The zero-order valence-corrected chi connectivity index (χ0v) is 17.2. The predicted molar refractivity (Wildman–Crippen MR) is 113 cm³/mol. The standard InChI is InChI=1S/C20H17IN2O3S/c21-14-11-27-19-15(22)18(24)23(19)16(14)20(25)26-17(12-7-3-1-4-8-12)13-9-5-2-6-10-13/h1-10,15,17,19H,11,22H2/t15?,19-/m1/s1. The van der Waals surface area contributed by atoms with Crippen molar-refractivity contribution in [2.75, 3.05) is 5.75 Å². The Morgan fingerprint density at radius 3 is 2.22 bits per heavy atom. The van der Waals surface area contributed by atoms with Crippen LogP contribution in [0.5, 0.6) is 0 Å². The highest BCUT2D eigenvalue weighted by atomic mass is 127. The summed E-state index contributed by atoms with van der Waals surface area (Å²) in [7, 11) is 0. The largest absolute Gasteiger partial charge is 0.448 e. The lowest BCUT2D eigenvalue weighted by Crippen LogP contribution is -2.68. The highest BCUT2D eigenvalue weighted by Gasteiger charge is 2.52. The van der Waals surface area contributed by atoms with Gasteiger partial charge in [0.25, 0.3) is 0 Å². The van der Waals surface area contributed by atoms with Crippen LogP contribution in [0, 0.1) is 0 Å². The van der Waals surface area contributed by atoms with Gasteiger partial charge in [0.05, 0.1) is 0 Å². The van der Waals surface area contributed by atoms with Crippen molar-refractivity contribution in [2.24, 2.45) is 5.73 Å². The summed E-state index contributed by atoms with van der Waals surface area (Å²) in [6, 6.07) is 18.6. The summed E-state index contributed by atoms with van der Waals surface area (Å²) < 4.78 is 6.73. The van der Waals surface area contributed by atoms with Crippen LogP contribution < -0.4 is 5.73 Å². The predicted octanol–water partition coefficient (Wildman–Crippen LogP) is 3.21. The van der Waals surface area contributed by atoms with E-state index in [0.717, 1.165) is 14.7 Å². The van der Waals surface area contributed by atoms with E-state index in [9.17, 15) is 9.59 Å². The topological polar surface area (TPSA) is 72.6 Å². The molecule has 5 nitrogen and oxygen atoms in total. The van der Waals surface area contributed by atoms with E-state index in [2.05, 4.69) is 22.6 Å². The van der Waals surface area contributed by atoms with E-state index < -0.39 is 18.1 Å². The number of hydrogen-bond acceptors (Lipinski definition) is 5. The molecule has 2 aromatic carbocycles. The summed E-state index contributed by atoms with van der Waals surface area (Å²) in [5, 5.41) is -0.189. The lowest BCUT2D eigenvalue weighted by atomic mass is 10.0. The van der Waals surface area contributed by atoms with Gasteiger partial charge in [-0.25, -0.2) is 4.79 Å². The first kappa shape index (κ1) is 18.5. The second kappa shape index (κ2) is 7.65. The van der Waals surface area contributed by atoms with E-state index in [-0.39, 0.29) is 11.3 Å². The molecular weight excluding hydrogens is 475 g/mol. The minimum atomic E-state index is -0.554. The van der Waals surface area contributed by atoms with Crippen LogP contribution in [-0.4, -0.2) is 33.9 Å². The second-order valence-corrected chi connectivity index (χ2v) is 8.70. The Labute approximate surface area is 175 Å². The van der Waals surface area contributed by atoms with Gasteiger partial charge in [0, 0.05) is 9.33 Å². The van der Waals surface area contributed by atoms with Crippen LogP contribution in [0.4, 0.5) is 0 Å². The molecule has 2 N–H and O–H groups in total. The SMILES string of the molecule is NC1C(=O)N2C(C(=O)OC(c3ccccc3)c3ccccc3)=C(I)CS[C@H]12. The van der Waals surface area contributed by atoms with Crippen molar-refractivity contribution in [3.8, 4) is 0 Å². The third kappa shape index (κ3) is 3.39. The summed E-state index contributed by atoms with van der Waals surface area (Å²) >= 11 is 3.68. The Balaban J connectivity index is 1.65. The van der Waals surface area contributed by atoms with Gasteiger partial charge in [-0.05, 0) is 33.7 Å². The van der Waals surface area contributed by atoms with Crippen LogP contribution >= 0.6 is 34.4 Å². The zero-order valence-electron chi connectivity index (χ0n) is 14.2. The first-order valence-electron chi connectivity index (χ1n) is 8.47. The molecule has 1 saturated heterocycles. The molecule has 27 heavy (non-hydrogen) atoms. The molecule has 1 fully saturated rings. The summed E-state index contributed by atoms with van der Waals surface area (Å²) in [5.74, 6) is -0.0824. The van der Waals surface area contributed by atoms with E-state index in [1.165, 1.54) is 4.90 Å². The quantitative estimate of drug-likeness (QED) is 0.403. The van der Waals surface area contributed by atoms with Gasteiger partial charge < -0.3 is 10.5 Å². The molecule has 2 aliphatic heterocycles. The third-order valence-electron chi connectivity index (χ3n) is 4.59. The third-order valence-corrected chi connectivity index (χ3v) is 7.30. The molecule has 0 saturated carbocycles. The summed E-state index contributed by atoms with van der Waals surface area (Å²) in [6.07, 6.45) is -0.547. The Kier molecular flexibility index (Phi) is 5.25. The summed E-state index contributed by atoms with van der Waals surface area (Å²) in [4.78, 5) is 26.8. The molecule has 7 heteroatoms. The number of fused-ring (bicyclic) bond motifs is 1. The number of benzene rings is 2. The van der Waals surface area contributed by atoms with E-state index >= 15 is 0 Å². The van der Waals surface area contributed by atoms with E-state index in [1.54, 1.807) is 11.8 Å². The van der Waals surface area contributed by atoms with E-state index in [0.29, 0.717) is 11.4 Å². The Hall–Kier alpha value is -1.84. The molecule has 0 bridgehead atoms. The molecular formula is C20H17IN2O3S. The molecule has 0 aromatic heterocycles. The Bertz CT molecular complexity index is 864. The van der Waals surface area contributed by atoms with Gasteiger partial charge in [-0.15, -0.1) is 11.8 Å². The molecule has 1 unspecified atom stereocenters. The van der Waals surface area contributed by atoms with Gasteiger partial charge in [-0.2, -0.15) is 0 Å². The molecule has 1 amide bonds. The number of ether oxygens (including phenoxy) is 1. The normalized spacial score (nSPS) is 21.7. The van der Waals surface area contributed by atoms with Crippen LogP contribution in [0.25, 0.3) is 0 Å². The maximum Gasteiger partial charge on any atom is 0.356 e. The van der Waals surface area contributed by atoms with Crippen LogP contribution in [-0.2, 0) is 14.3 Å². The van der Waals surface area contributed by atoms with Gasteiger partial charge >= 0.3 is 5.97 Å². The van der Waals surface area contributed by atoms with E-state index in [4.69, 9.17) is 10.5 Å². The maximum atomic E-state index is 13.1. The van der Waals surface area contributed by atoms with Crippen molar-refractivity contribution < 1.29 is 14.3 Å². The molecule has 4 rings (SSSR count). The minimum absolute atomic E-state index is 0.189. The number of thioether (sulfide) groups is 1. The number of hydrogen-bond donors (Lipinski definition) is 1. The fraction of sp³-hybridized carbons (Fsp3) is 0.200. The lowest BCUT2D eigenvalue weighted by Gasteiger charge is -2.47. The molecule has 138 valence electrons. The average molecular weight is 492 g/mol. The molecule has 0 spiro atoms. The number of carbonyl (C=O) groups is 2. The van der Waals surface area contributed by atoms with Crippen LogP contribution in [0.1, 0.15) is 17.2 Å². The number of rotatable bonds is 4. The van der Waals surface area contributed by atoms with Crippen LogP contribution in [0.15, 0.2) is 69.9 Å². The molecule has 0 aliphatic carbocycles. The van der Waals surface area contributed by atoms with E-state index in [1.807, 2.05) is 60.7 Å². The summed E-state index contributed by atoms with van der Waals surface area (Å²) in [5.41, 5.74) is 7.95. The fourth-order valence-corrected chi connectivity index (χ4v) is 5.37. The Morgan fingerprint density at radius 1 is 1.11 bits per heavy atom. The first-order chi connectivity index (χ1) is 13.1. The van der Waals surface area contributed by atoms with Crippen molar-refractivity contribution in [2.45, 2.75) is 17.5 Å². The summed E-state index contributed by atoms with van der Waals surface area (Å²) in [6.45, 7) is 0. The van der Waals surface area contributed by atoms with Crippen molar-refractivity contribution in [3.05, 3.63) is 81.1 Å². The zero-order chi connectivity index (χ0) is 19.0. The van der Waals surface area contributed by atoms with Gasteiger partial charge in [-0.1, -0.05) is 60.7 Å². The molecule has 2 atom stereocenters. The monoisotopic (exact) mass is 492 g/mol. The average Bonchev–Trinajstić information content (AvgIpc) is 2.72. The highest BCUT2D eigenvalue weighted by molar-refractivity contribution is 14.1. The number of β-lactam (4-membered cyclic amide) rings is 1. The van der Waals surface area contributed by atoms with Crippen LogP contribution in [0.2, 0.25) is 0 Å². The molecule has 0 radical (unpaired) electrons. The fourth-order valence-electron chi connectivity index (χ4n) is 3.22. The van der Waals surface area contributed by atoms with Crippen molar-refractivity contribution in [1.82, 2.24) is 4.90 Å². The smallest absolute Gasteiger partial charge is 0.356 e. The minimum Gasteiger partial charge on any atom is -0.448 e. The molecule has 2 heterocycles. The molecule has 2 aliphatic rings. The van der Waals surface area contributed by atoms with Gasteiger partial charge in [-0.3, -0.25) is 9.69 Å². The molecule has 2 aromatic rings. The van der Waals surface area contributed by atoms with Crippen molar-refractivity contribution >= 4 is 46.2 Å². The first-order valence-corrected chi connectivity index (χ1v) is 10.6. The second-order valence-electron chi connectivity index (χ2n) is 6.30. The lowest BCUT2D eigenvalue weighted by molar-refractivity contribution is -0.152. The Morgan fingerprint density at radius 2 is 1.67 bits per heavy atom. The van der Waals surface area contributed by atoms with Crippen LogP contribution in [0.3, 0.4) is 0 Å². The van der Waals surface area contributed by atoms with Crippen molar-refractivity contribution in [1.29, 1.82) is 0 Å². The number of carbonyl (C=O) groups excluding carboxylic acids is 2. The number of halogens is 1. The van der Waals surface area contributed by atoms with Gasteiger partial charge in [0.15, 0.2) is 6.10 Å². The maximum absolute atomic E-state index is 13.1. The number of esters is 1.